The van der Waals surface area contributed by atoms with Crippen LogP contribution in [0.4, 0.5) is 11.5 Å². The van der Waals surface area contributed by atoms with Gasteiger partial charge in [-0.1, -0.05) is 0 Å². The zero-order valence-corrected chi connectivity index (χ0v) is 31.5. The number of hydrazine groups is 1. The number of hydrogen-bond acceptors (Lipinski definition) is 15. The molecule has 0 radical (unpaired) electrons. The molecule has 0 unspecified atom stereocenters. The average Bonchev–Trinajstić information content (AvgIpc) is 3.19. The van der Waals surface area contributed by atoms with Crippen molar-refractivity contribution in [3.8, 4) is 0 Å². The van der Waals surface area contributed by atoms with E-state index in [1.165, 1.54) is 6.20 Å². The van der Waals surface area contributed by atoms with E-state index in [2.05, 4.69) is 52.3 Å². The van der Waals surface area contributed by atoms with Crippen LogP contribution in [0, 0.1) is 0 Å². The van der Waals surface area contributed by atoms with E-state index in [-0.39, 0.29) is 62.8 Å². The Hall–Kier alpha value is -7.64. The van der Waals surface area contributed by atoms with E-state index in [0.29, 0.717) is 16.9 Å². The maximum absolute atomic E-state index is 12.9. The molecule has 1 heterocycles. The van der Waals surface area contributed by atoms with Gasteiger partial charge in [0.05, 0.1) is 37.9 Å². The van der Waals surface area contributed by atoms with Crippen molar-refractivity contribution in [1.82, 2.24) is 41.9 Å². The fraction of sp³-hybridized carbons (Fsp3) is 0.394. The molecule has 7 amide bonds. The maximum Gasteiger partial charge on any atom is 0.322 e. The Morgan fingerprint density at radius 1 is 0.746 bits per heavy atom. The van der Waals surface area contributed by atoms with Crippen molar-refractivity contribution in [2.45, 2.75) is 50.7 Å². The zero-order valence-electron chi connectivity index (χ0n) is 31.5. The number of nitrogens with two attached hydrogens (primary N) is 4. The van der Waals surface area contributed by atoms with E-state index in [1.54, 1.807) is 24.3 Å². The number of aliphatic imine (C=N–C) groups is 1. The molecule has 26 nitrogen and oxygen atoms in total. The minimum Gasteiger partial charge on any atom is -0.481 e. The van der Waals surface area contributed by atoms with Gasteiger partial charge in [-0.25, -0.2) is 15.8 Å². The number of rotatable bonds is 26. The van der Waals surface area contributed by atoms with Gasteiger partial charge in [0.25, 0.3) is 11.8 Å². The van der Waals surface area contributed by atoms with Crippen molar-refractivity contribution in [3.05, 3.63) is 47.4 Å². The predicted molar refractivity (Wildman–Crippen MR) is 206 cm³/mol. The van der Waals surface area contributed by atoms with Crippen molar-refractivity contribution >= 4 is 70.8 Å². The highest BCUT2D eigenvalue weighted by Gasteiger charge is 2.26. The molecule has 2 rings (SSSR count). The number of nitrogens with zero attached hydrogens (tertiary/aromatic N) is 3. The first-order valence-corrected chi connectivity index (χ1v) is 17.6. The summed E-state index contributed by atoms with van der Waals surface area (Å²) in [4.78, 5) is 121. The number of carbonyl (C=O) groups is 9. The lowest BCUT2D eigenvalue weighted by molar-refractivity contribution is -0.141. The molecule has 2 atom stereocenters. The van der Waals surface area contributed by atoms with Gasteiger partial charge in [-0.3, -0.25) is 48.1 Å². The molecule has 0 bridgehead atoms. The van der Waals surface area contributed by atoms with Gasteiger partial charge in [0.1, 0.15) is 18.6 Å². The SMILES string of the molecule is NNc1ncc(CNc2ccc(C(=O)NCCCC(=O)NCC(=O)N[C@@H](CCCN=C(N)N)C(=O)NCC(=O)N[C@@H](CC(=O)O)C(=O)NCC(=O)O)cc2)nc1C(N)=O. The number of aromatic nitrogens is 2. The normalized spacial score (nSPS) is 11.3. The number of benzene rings is 1. The third-order valence-corrected chi connectivity index (χ3v) is 7.59. The van der Waals surface area contributed by atoms with Crippen LogP contribution in [-0.4, -0.2) is 124 Å². The van der Waals surface area contributed by atoms with Crippen molar-refractivity contribution in [1.29, 1.82) is 0 Å². The lowest BCUT2D eigenvalue weighted by atomic mass is 10.1. The van der Waals surface area contributed by atoms with Crippen molar-refractivity contribution in [2.24, 2.45) is 28.0 Å². The first kappa shape index (κ1) is 47.5. The standard InChI is InChI=1S/C33H47N15O11/c34-28(56)27-29(48-37)42-13-19(45-27)12-40-18-7-5-17(6-8-18)30(57)38-9-2-4-22(49)41-14-23(50)46-20(3-1-10-39-33(35)36)31(58)43-15-24(51)47-21(11-25(52)53)32(59)44-16-26(54)55/h5-8,13,20-21,40H,1-4,9-12,14-16,37H2,(H2,34,56)(H,38,57)(H,41,49)(H,42,48)(H,43,58)(H,44,59)(H,46,50)(H,47,51)(H,52,53)(H,54,55)(H4,35,36,39)/t20-,21-/m0/s1. The molecule has 0 saturated heterocycles. The quantitative estimate of drug-likeness (QED) is 0.0139. The van der Waals surface area contributed by atoms with Crippen molar-refractivity contribution < 1.29 is 53.4 Å². The Kier molecular flexibility index (Phi) is 20.0. The third kappa shape index (κ3) is 18.7. The first-order chi connectivity index (χ1) is 28.0. The highest BCUT2D eigenvalue weighted by atomic mass is 16.4. The minimum atomic E-state index is -1.65. The van der Waals surface area contributed by atoms with Gasteiger partial charge in [-0.15, -0.1) is 0 Å². The molecule has 320 valence electrons. The Morgan fingerprint density at radius 2 is 1.37 bits per heavy atom. The van der Waals surface area contributed by atoms with Gasteiger partial charge in [-0.2, -0.15) is 0 Å². The number of hydrogen-bond donors (Lipinski definition) is 14. The Morgan fingerprint density at radius 3 is 1.98 bits per heavy atom. The molecule has 0 fully saturated rings. The van der Waals surface area contributed by atoms with Crippen LogP contribution in [0.5, 0.6) is 0 Å². The number of guanidine groups is 1. The molecule has 2 aromatic rings. The first-order valence-electron chi connectivity index (χ1n) is 17.6. The van der Waals surface area contributed by atoms with Crippen LogP contribution in [0.2, 0.25) is 0 Å². The molecule has 18 N–H and O–H groups in total. The molecule has 59 heavy (non-hydrogen) atoms. The molecule has 1 aromatic heterocycles. The third-order valence-electron chi connectivity index (χ3n) is 7.59. The summed E-state index contributed by atoms with van der Waals surface area (Å²) < 4.78 is 0. The minimum absolute atomic E-state index is 0.0153. The van der Waals surface area contributed by atoms with Gasteiger partial charge in [0.15, 0.2) is 17.5 Å². The summed E-state index contributed by atoms with van der Waals surface area (Å²) in [5.41, 5.74) is 19.4. The van der Waals surface area contributed by atoms with Crippen LogP contribution in [0.25, 0.3) is 0 Å². The topological polar surface area (TPSA) is 433 Å². The molecule has 0 saturated carbocycles. The van der Waals surface area contributed by atoms with E-state index < -0.39 is 91.4 Å². The molecule has 26 heteroatoms. The number of aliphatic carboxylic acids is 2. The summed E-state index contributed by atoms with van der Waals surface area (Å²) in [6.07, 6.45) is 0.870. The van der Waals surface area contributed by atoms with Gasteiger partial charge in [0, 0.05) is 30.8 Å². The zero-order chi connectivity index (χ0) is 43.9. The molecule has 1 aromatic carbocycles. The summed E-state index contributed by atoms with van der Waals surface area (Å²) >= 11 is 0. The Bertz CT molecular complexity index is 1870. The molecule has 0 aliphatic carbocycles. The Balaban J connectivity index is 1.81. The van der Waals surface area contributed by atoms with E-state index in [1.807, 2.05) is 5.32 Å². The number of amides is 7. The summed E-state index contributed by atoms with van der Waals surface area (Å²) in [6.45, 7) is -1.70. The van der Waals surface area contributed by atoms with E-state index >= 15 is 0 Å². The monoisotopic (exact) mass is 829 g/mol. The Labute approximate surface area is 335 Å². The highest BCUT2D eigenvalue weighted by Crippen LogP contribution is 2.13. The average molecular weight is 830 g/mol. The van der Waals surface area contributed by atoms with E-state index in [0.717, 1.165) is 0 Å². The second-order valence-electron chi connectivity index (χ2n) is 12.3. The van der Waals surface area contributed by atoms with Gasteiger partial charge in [0.2, 0.25) is 29.5 Å². The number of nitrogens with one attached hydrogen (secondary N) is 8. The fourth-order valence-corrected chi connectivity index (χ4v) is 4.76. The molecule has 0 aliphatic heterocycles. The number of carboxylic acid groups (broad SMARTS) is 2. The van der Waals surface area contributed by atoms with Gasteiger partial charge < -0.3 is 70.1 Å². The van der Waals surface area contributed by atoms with Crippen molar-refractivity contribution in [3.63, 3.8) is 0 Å². The molecule has 0 aliphatic rings. The van der Waals surface area contributed by atoms with Crippen LogP contribution in [-0.2, 0) is 40.1 Å². The summed E-state index contributed by atoms with van der Waals surface area (Å²) in [6, 6.07) is 3.54. The lowest BCUT2D eigenvalue weighted by Gasteiger charge is -2.19. The predicted octanol–water partition coefficient (Wildman–Crippen LogP) is -5.09. The second kappa shape index (κ2) is 24.8. The summed E-state index contributed by atoms with van der Waals surface area (Å²) in [5.74, 6) is -3.16. The number of carbonyl (C=O) groups excluding carboxylic acids is 7. The second-order valence-corrected chi connectivity index (χ2v) is 12.3. The highest BCUT2D eigenvalue weighted by molar-refractivity contribution is 5.96. The smallest absolute Gasteiger partial charge is 0.322 e. The lowest BCUT2D eigenvalue weighted by Crippen LogP contribution is -2.53. The number of carboxylic acids is 2. The van der Waals surface area contributed by atoms with Crippen LogP contribution >= 0.6 is 0 Å². The van der Waals surface area contributed by atoms with Crippen LogP contribution in [0.1, 0.15) is 58.6 Å². The summed E-state index contributed by atoms with van der Waals surface area (Å²) in [7, 11) is 0. The molecular weight excluding hydrogens is 782 g/mol. The fourth-order valence-electron chi connectivity index (χ4n) is 4.76. The van der Waals surface area contributed by atoms with Crippen LogP contribution in [0.15, 0.2) is 35.5 Å². The van der Waals surface area contributed by atoms with Gasteiger partial charge >= 0.3 is 11.9 Å². The largest absolute Gasteiger partial charge is 0.481 e. The molecule has 0 spiro atoms. The van der Waals surface area contributed by atoms with E-state index in [4.69, 9.17) is 33.3 Å². The maximum atomic E-state index is 12.9. The summed E-state index contributed by atoms with van der Waals surface area (Å²) in [5, 5.41) is 34.7. The molecular formula is C33H47N15O11. The van der Waals surface area contributed by atoms with Crippen molar-refractivity contribution in [2.75, 3.05) is 43.5 Å². The van der Waals surface area contributed by atoms with Crippen LogP contribution in [0.3, 0.4) is 0 Å². The number of anilines is 2. The van der Waals surface area contributed by atoms with Crippen LogP contribution < -0.4 is 65.7 Å². The van der Waals surface area contributed by atoms with E-state index in [9.17, 15) is 43.2 Å². The van der Waals surface area contributed by atoms with Gasteiger partial charge in [-0.05, 0) is 43.5 Å². The number of nitrogen functional groups attached to an aromatic ring is 1. The number of primary amides is 1.